The molecule has 0 amide bonds. The number of pyridine rings is 1. The quantitative estimate of drug-likeness (QED) is 0.668. The summed E-state index contributed by atoms with van der Waals surface area (Å²) in [6, 6.07) is 7.84. The highest BCUT2D eigenvalue weighted by atomic mass is 35.5. The van der Waals surface area contributed by atoms with Crippen LogP contribution in [0.2, 0.25) is 5.02 Å². The number of aromatic nitrogens is 1. The standard InChI is InChI=1S/C13H9ClF3N3O/c14-7-2-1-3-8(6-7)21-12-9(11(18)19)4-5-10(20-12)13(15,16)17/h1-6H,(H3,18,19). The highest BCUT2D eigenvalue weighted by Crippen LogP contribution is 2.32. The van der Waals surface area contributed by atoms with Gasteiger partial charge in [0.2, 0.25) is 5.88 Å². The third-order valence-electron chi connectivity index (χ3n) is 2.45. The number of halogens is 4. The molecule has 1 aromatic heterocycles. The van der Waals surface area contributed by atoms with Gasteiger partial charge in [-0.3, -0.25) is 5.41 Å². The van der Waals surface area contributed by atoms with Crippen LogP contribution in [0.3, 0.4) is 0 Å². The molecular weight excluding hydrogens is 307 g/mol. The SMILES string of the molecule is N=C(N)c1ccc(C(F)(F)F)nc1Oc1cccc(Cl)c1. The van der Waals surface area contributed by atoms with Gasteiger partial charge in [0.1, 0.15) is 17.3 Å². The molecule has 1 aromatic carbocycles. The van der Waals surface area contributed by atoms with Gasteiger partial charge in [0.15, 0.2) is 0 Å². The Morgan fingerprint density at radius 2 is 1.95 bits per heavy atom. The number of amidine groups is 1. The van der Waals surface area contributed by atoms with Crippen molar-refractivity contribution in [3.05, 3.63) is 52.7 Å². The van der Waals surface area contributed by atoms with Gasteiger partial charge in [0.05, 0.1) is 5.56 Å². The van der Waals surface area contributed by atoms with Crippen molar-refractivity contribution in [3.8, 4) is 11.6 Å². The van der Waals surface area contributed by atoms with E-state index in [-0.39, 0.29) is 11.3 Å². The third-order valence-corrected chi connectivity index (χ3v) is 2.69. The van der Waals surface area contributed by atoms with Crippen molar-refractivity contribution >= 4 is 17.4 Å². The molecule has 21 heavy (non-hydrogen) atoms. The fraction of sp³-hybridized carbons (Fsp3) is 0.0769. The Kier molecular flexibility index (Phi) is 4.04. The first-order valence-electron chi connectivity index (χ1n) is 5.63. The number of nitrogens with two attached hydrogens (primary N) is 1. The van der Waals surface area contributed by atoms with E-state index in [4.69, 9.17) is 27.5 Å². The molecule has 0 atom stereocenters. The Morgan fingerprint density at radius 1 is 1.24 bits per heavy atom. The fourth-order valence-electron chi connectivity index (χ4n) is 1.52. The van der Waals surface area contributed by atoms with Crippen LogP contribution in [0.25, 0.3) is 0 Å². The van der Waals surface area contributed by atoms with Gasteiger partial charge < -0.3 is 10.5 Å². The molecule has 110 valence electrons. The number of benzene rings is 1. The second kappa shape index (κ2) is 5.61. The van der Waals surface area contributed by atoms with Crippen molar-refractivity contribution in [2.75, 3.05) is 0 Å². The first kappa shape index (κ1) is 15.1. The Morgan fingerprint density at radius 3 is 2.52 bits per heavy atom. The summed E-state index contributed by atoms with van der Waals surface area (Å²) >= 11 is 5.77. The second-order valence-electron chi connectivity index (χ2n) is 4.02. The first-order valence-corrected chi connectivity index (χ1v) is 6.01. The van der Waals surface area contributed by atoms with E-state index in [0.717, 1.165) is 12.1 Å². The maximum Gasteiger partial charge on any atom is 0.433 e. The number of alkyl halides is 3. The van der Waals surface area contributed by atoms with E-state index in [1.165, 1.54) is 12.1 Å². The Labute approximate surface area is 122 Å². The highest BCUT2D eigenvalue weighted by molar-refractivity contribution is 6.30. The van der Waals surface area contributed by atoms with Crippen molar-refractivity contribution < 1.29 is 17.9 Å². The van der Waals surface area contributed by atoms with Crippen LogP contribution in [0.5, 0.6) is 11.6 Å². The van der Waals surface area contributed by atoms with Crippen LogP contribution in [0.4, 0.5) is 13.2 Å². The zero-order chi connectivity index (χ0) is 15.6. The van der Waals surface area contributed by atoms with E-state index >= 15 is 0 Å². The molecule has 0 saturated heterocycles. The Bertz CT molecular complexity index is 689. The van der Waals surface area contributed by atoms with Gasteiger partial charge in [-0.05, 0) is 30.3 Å². The topological polar surface area (TPSA) is 72.0 Å². The lowest BCUT2D eigenvalue weighted by atomic mass is 10.2. The van der Waals surface area contributed by atoms with Gasteiger partial charge in [-0.15, -0.1) is 0 Å². The Balaban J connectivity index is 2.46. The molecule has 0 radical (unpaired) electrons. The molecule has 8 heteroatoms. The van der Waals surface area contributed by atoms with E-state index in [0.29, 0.717) is 5.02 Å². The van der Waals surface area contributed by atoms with Crippen LogP contribution >= 0.6 is 11.6 Å². The molecule has 2 rings (SSSR count). The predicted molar refractivity (Wildman–Crippen MR) is 71.8 cm³/mol. The summed E-state index contributed by atoms with van der Waals surface area (Å²) < 4.78 is 43.3. The van der Waals surface area contributed by atoms with E-state index in [1.807, 2.05) is 0 Å². The summed E-state index contributed by atoms with van der Waals surface area (Å²) in [7, 11) is 0. The number of nitrogen functional groups attached to an aromatic ring is 1. The minimum absolute atomic E-state index is 0.0389. The molecular formula is C13H9ClF3N3O. The summed E-state index contributed by atoms with van der Waals surface area (Å²) in [6.07, 6.45) is -4.62. The van der Waals surface area contributed by atoms with Crippen molar-refractivity contribution in [2.45, 2.75) is 6.18 Å². The van der Waals surface area contributed by atoms with Gasteiger partial charge in [-0.25, -0.2) is 4.98 Å². The second-order valence-corrected chi connectivity index (χ2v) is 4.46. The first-order chi connectivity index (χ1) is 9.77. The van der Waals surface area contributed by atoms with Crippen molar-refractivity contribution in [2.24, 2.45) is 5.73 Å². The average molecular weight is 316 g/mol. The fourth-order valence-corrected chi connectivity index (χ4v) is 1.70. The van der Waals surface area contributed by atoms with Gasteiger partial charge in [-0.2, -0.15) is 13.2 Å². The summed E-state index contributed by atoms with van der Waals surface area (Å²) in [6.45, 7) is 0. The highest BCUT2D eigenvalue weighted by Gasteiger charge is 2.33. The van der Waals surface area contributed by atoms with Gasteiger partial charge >= 0.3 is 6.18 Å². The van der Waals surface area contributed by atoms with E-state index in [1.54, 1.807) is 12.1 Å². The molecule has 1 heterocycles. The van der Waals surface area contributed by atoms with Crippen molar-refractivity contribution in [1.82, 2.24) is 4.98 Å². The Hall–Kier alpha value is -2.28. The number of hydrogen-bond donors (Lipinski definition) is 2. The number of nitrogens with zero attached hydrogens (tertiary/aromatic N) is 1. The zero-order valence-electron chi connectivity index (χ0n) is 10.4. The predicted octanol–water partition coefficient (Wildman–Crippen LogP) is 3.83. The lowest BCUT2D eigenvalue weighted by molar-refractivity contribution is -0.141. The molecule has 0 aliphatic rings. The lowest BCUT2D eigenvalue weighted by Crippen LogP contribution is -2.16. The van der Waals surface area contributed by atoms with E-state index < -0.39 is 23.6 Å². The molecule has 3 N–H and O–H groups in total. The van der Waals surface area contributed by atoms with Crippen LogP contribution < -0.4 is 10.5 Å². The van der Waals surface area contributed by atoms with Gasteiger partial charge in [-0.1, -0.05) is 17.7 Å². The van der Waals surface area contributed by atoms with E-state index in [2.05, 4.69) is 4.98 Å². The van der Waals surface area contributed by atoms with E-state index in [9.17, 15) is 13.2 Å². The average Bonchev–Trinajstić information content (AvgIpc) is 2.37. The molecule has 4 nitrogen and oxygen atoms in total. The molecule has 0 bridgehead atoms. The van der Waals surface area contributed by atoms with Crippen LogP contribution in [0.15, 0.2) is 36.4 Å². The maximum absolute atomic E-state index is 12.7. The summed E-state index contributed by atoms with van der Waals surface area (Å²) in [4.78, 5) is 3.38. The lowest BCUT2D eigenvalue weighted by Gasteiger charge is -2.12. The largest absolute Gasteiger partial charge is 0.438 e. The summed E-state index contributed by atoms with van der Waals surface area (Å²) in [5.41, 5.74) is 4.14. The molecule has 0 unspecified atom stereocenters. The third kappa shape index (κ3) is 3.63. The van der Waals surface area contributed by atoms with Crippen LogP contribution in [-0.2, 0) is 6.18 Å². The van der Waals surface area contributed by atoms with Crippen molar-refractivity contribution in [3.63, 3.8) is 0 Å². The van der Waals surface area contributed by atoms with Gasteiger partial charge in [0, 0.05) is 5.02 Å². The smallest absolute Gasteiger partial charge is 0.433 e. The minimum Gasteiger partial charge on any atom is -0.438 e. The summed E-state index contributed by atoms with van der Waals surface area (Å²) in [5, 5.41) is 7.71. The number of hydrogen-bond acceptors (Lipinski definition) is 3. The normalized spacial score (nSPS) is 11.2. The molecule has 0 fully saturated rings. The molecule has 0 saturated carbocycles. The number of rotatable bonds is 3. The van der Waals surface area contributed by atoms with Crippen LogP contribution in [0.1, 0.15) is 11.3 Å². The summed E-state index contributed by atoms with van der Waals surface area (Å²) in [5.74, 6) is -0.662. The molecule has 0 spiro atoms. The van der Waals surface area contributed by atoms with Gasteiger partial charge in [0.25, 0.3) is 0 Å². The van der Waals surface area contributed by atoms with Crippen molar-refractivity contribution in [1.29, 1.82) is 5.41 Å². The monoisotopic (exact) mass is 315 g/mol. The molecule has 0 aliphatic carbocycles. The molecule has 0 aliphatic heterocycles. The minimum atomic E-state index is -4.62. The number of nitrogens with one attached hydrogen (secondary N) is 1. The van der Waals surface area contributed by atoms with Crippen LogP contribution in [-0.4, -0.2) is 10.8 Å². The molecule has 2 aromatic rings. The number of ether oxygens (including phenoxy) is 1. The van der Waals surface area contributed by atoms with Crippen LogP contribution in [0, 0.1) is 5.41 Å². The maximum atomic E-state index is 12.7. The zero-order valence-corrected chi connectivity index (χ0v) is 11.2.